The standard InChI is InChI=1S/C29H30N2O/c32-29(26-18-17-24-12-7-8-13-25(24)20-26)31(27-14-5-2-6-15-27)22-28-16-9-19-30(28)21-23-10-3-1-4-11-23/h1,3-4,7-13,16-20,27H,2,5-6,14-15,21-22H2. The summed E-state index contributed by atoms with van der Waals surface area (Å²) in [5.41, 5.74) is 3.25. The molecule has 0 N–H and O–H groups in total. The fourth-order valence-corrected chi connectivity index (χ4v) is 4.95. The summed E-state index contributed by atoms with van der Waals surface area (Å²) in [4.78, 5) is 15.9. The molecule has 0 spiro atoms. The molecule has 3 nitrogen and oxygen atoms in total. The monoisotopic (exact) mass is 422 g/mol. The zero-order chi connectivity index (χ0) is 21.8. The Kier molecular flexibility index (Phi) is 6.06. The van der Waals surface area contributed by atoms with Crippen molar-refractivity contribution in [3.8, 4) is 0 Å². The van der Waals surface area contributed by atoms with Crippen LogP contribution in [0.3, 0.4) is 0 Å². The summed E-state index contributed by atoms with van der Waals surface area (Å²) in [6.45, 7) is 1.47. The number of rotatable bonds is 6. The van der Waals surface area contributed by atoms with Gasteiger partial charge in [-0.1, -0.05) is 79.9 Å². The molecule has 5 rings (SSSR count). The number of aromatic nitrogens is 1. The van der Waals surface area contributed by atoms with E-state index in [0.29, 0.717) is 12.6 Å². The molecule has 3 aromatic carbocycles. The molecule has 0 atom stereocenters. The molecule has 0 saturated heterocycles. The van der Waals surface area contributed by atoms with E-state index < -0.39 is 0 Å². The number of hydrogen-bond donors (Lipinski definition) is 0. The van der Waals surface area contributed by atoms with Crippen LogP contribution < -0.4 is 0 Å². The van der Waals surface area contributed by atoms with Gasteiger partial charge in [0.25, 0.3) is 5.91 Å². The molecule has 162 valence electrons. The van der Waals surface area contributed by atoms with E-state index in [1.165, 1.54) is 35.9 Å². The minimum absolute atomic E-state index is 0.148. The van der Waals surface area contributed by atoms with Gasteiger partial charge in [-0.25, -0.2) is 0 Å². The van der Waals surface area contributed by atoms with Gasteiger partial charge in [0.1, 0.15) is 0 Å². The van der Waals surface area contributed by atoms with E-state index in [2.05, 4.69) is 76.3 Å². The second-order valence-electron chi connectivity index (χ2n) is 8.90. The van der Waals surface area contributed by atoms with Crippen LogP contribution in [0, 0.1) is 0 Å². The Bertz CT molecular complexity index is 1190. The van der Waals surface area contributed by atoms with E-state index >= 15 is 0 Å². The Morgan fingerprint density at radius 1 is 0.812 bits per heavy atom. The second kappa shape index (κ2) is 9.44. The molecule has 32 heavy (non-hydrogen) atoms. The van der Waals surface area contributed by atoms with Crippen LogP contribution >= 0.6 is 0 Å². The molecule has 1 saturated carbocycles. The molecule has 1 aliphatic carbocycles. The maximum absolute atomic E-state index is 13.8. The van der Waals surface area contributed by atoms with Crippen LogP contribution in [-0.4, -0.2) is 21.4 Å². The lowest BCUT2D eigenvalue weighted by Crippen LogP contribution is -2.41. The second-order valence-corrected chi connectivity index (χ2v) is 8.90. The van der Waals surface area contributed by atoms with E-state index in [1.807, 2.05) is 24.3 Å². The van der Waals surface area contributed by atoms with Crippen LogP contribution in [0.2, 0.25) is 0 Å². The predicted octanol–water partition coefficient (Wildman–Crippen LogP) is 6.66. The first-order valence-corrected chi connectivity index (χ1v) is 11.8. The summed E-state index contributed by atoms with van der Waals surface area (Å²) in [6.07, 6.45) is 8.01. The van der Waals surface area contributed by atoms with E-state index in [4.69, 9.17) is 0 Å². The highest BCUT2D eigenvalue weighted by Crippen LogP contribution is 2.27. The Morgan fingerprint density at radius 2 is 1.56 bits per heavy atom. The number of nitrogens with zero attached hydrogens (tertiary/aromatic N) is 2. The molecular weight excluding hydrogens is 392 g/mol. The molecule has 1 amide bonds. The van der Waals surface area contributed by atoms with Crippen LogP contribution in [0.5, 0.6) is 0 Å². The molecule has 1 fully saturated rings. The van der Waals surface area contributed by atoms with Crippen LogP contribution in [0.15, 0.2) is 91.1 Å². The highest BCUT2D eigenvalue weighted by atomic mass is 16.2. The molecule has 0 bridgehead atoms. The molecule has 0 aliphatic heterocycles. The van der Waals surface area contributed by atoms with Gasteiger partial charge in [-0.05, 0) is 53.4 Å². The normalized spacial score (nSPS) is 14.5. The molecule has 4 aromatic rings. The molecule has 1 heterocycles. The summed E-state index contributed by atoms with van der Waals surface area (Å²) in [5.74, 6) is 0.148. The highest BCUT2D eigenvalue weighted by molar-refractivity contribution is 5.98. The Balaban J connectivity index is 1.44. The van der Waals surface area contributed by atoms with Crippen LogP contribution in [0.1, 0.15) is 53.7 Å². The van der Waals surface area contributed by atoms with Crippen molar-refractivity contribution in [2.75, 3.05) is 0 Å². The Morgan fingerprint density at radius 3 is 2.38 bits per heavy atom. The molecule has 0 radical (unpaired) electrons. The summed E-state index contributed by atoms with van der Waals surface area (Å²) in [6, 6.07) is 29.4. The number of carbonyl (C=O) groups excluding carboxylic acids is 1. The van der Waals surface area contributed by atoms with Gasteiger partial charge in [0, 0.05) is 30.0 Å². The summed E-state index contributed by atoms with van der Waals surface area (Å²) >= 11 is 0. The number of hydrogen-bond acceptors (Lipinski definition) is 1. The summed E-state index contributed by atoms with van der Waals surface area (Å²) in [7, 11) is 0. The van der Waals surface area contributed by atoms with Gasteiger partial charge in [-0.15, -0.1) is 0 Å². The van der Waals surface area contributed by atoms with Gasteiger partial charge in [0.05, 0.1) is 6.54 Å². The lowest BCUT2D eigenvalue weighted by Gasteiger charge is -2.35. The first kappa shape index (κ1) is 20.6. The molecule has 1 aliphatic rings. The van der Waals surface area contributed by atoms with Crippen molar-refractivity contribution < 1.29 is 4.79 Å². The van der Waals surface area contributed by atoms with Crippen molar-refractivity contribution in [3.05, 3.63) is 108 Å². The number of amides is 1. The van der Waals surface area contributed by atoms with E-state index in [1.54, 1.807) is 0 Å². The van der Waals surface area contributed by atoms with Crippen LogP contribution in [0.4, 0.5) is 0 Å². The first-order chi connectivity index (χ1) is 15.8. The fraction of sp³-hybridized carbons (Fsp3) is 0.276. The van der Waals surface area contributed by atoms with Gasteiger partial charge in [0.2, 0.25) is 0 Å². The number of benzene rings is 3. The summed E-state index contributed by atoms with van der Waals surface area (Å²) < 4.78 is 2.28. The molecular formula is C29H30N2O. The molecule has 1 aromatic heterocycles. The van der Waals surface area contributed by atoms with Crippen LogP contribution in [0.25, 0.3) is 10.8 Å². The van der Waals surface area contributed by atoms with Crippen molar-refractivity contribution in [1.29, 1.82) is 0 Å². The molecule has 0 unspecified atom stereocenters. The summed E-state index contributed by atoms with van der Waals surface area (Å²) in [5, 5.41) is 2.29. The van der Waals surface area contributed by atoms with Crippen molar-refractivity contribution in [3.63, 3.8) is 0 Å². The van der Waals surface area contributed by atoms with E-state index in [9.17, 15) is 4.79 Å². The fourth-order valence-electron chi connectivity index (χ4n) is 4.95. The van der Waals surface area contributed by atoms with Gasteiger partial charge in [-0.2, -0.15) is 0 Å². The molecule has 3 heteroatoms. The third-order valence-corrected chi connectivity index (χ3v) is 6.72. The minimum atomic E-state index is 0.148. The number of fused-ring (bicyclic) bond motifs is 1. The largest absolute Gasteiger partial charge is 0.345 e. The van der Waals surface area contributed by atoms with Crippen molar-refractivity contribution in [1.82, 2.24) is 9.47 Å². The average Bonchev–Trinajstić information content (AvgIpc) is 3.29. The Labute approximate surface area is 190 Å². The van der Waals surface area contributed by atoms with Gasteiger partial charge >= 0.3 is 0 Å². The first-order valence-electron chi connectivity index (χ1n) is 11.8. The van der Waals surface area contributed by atoms with E-state index in [0.717, 1.165) is 30.3 Å². The smallest absolute Gasteiger partial charge is 0.254 e. The zero-order valence-electron chi connectivity index (χ0n) is 18.5. The van der Waals surface area contributed by atoms with Crippen molar-refractivity contribution in [2.24, 2.45) is 0 Å². The predicted molar refractivity (Wildman–Crippen MR) is 131 cm³/mol. The SMILES string of the molecule is O=C(c1ccc2ccccc2c1)N(Cc1cccn1Cc1ccccc1)C1CCCCC1. The maximum Gasteiger partial charge on any atom is 0.254 e. The van der Waals surface area contributed by atoms with Crippen molar-refractivity contribution in [2.45, 2.75) is 51.2 Å². The Hall–Kier alpha value is -3.33. The van der Waals surface area contributed by atoms with Gasteiger partial charge < -0.3 is 9.47 Å². The topological polar surface area (TPSA) is 25.2 Å². The quantitative estimate of drug-likeness (QED) is 0.341. The maximum atomic E-state index is 13.8. The zero-order valence-corrected chi connectivity index (χ0v) is 18.5. The third-order valence-electron chi connectivity index (χ3n) is 6.72. The lowest BCUT2D eigenvalue weighted by molar-refractivity contribution is 0.0609. The van der Waals surface area contributed by atoms with Gasteiger partial charge in [-0.3, -0.25) is 4.79 Å². The van der Waals surface area contributed by atoms with Crippen LogP contribution in [-0.2, 0) is 13.1 Å². The van der Waals surface area contributed by atoms with Crippen molar-refractivity contribution >= 4 is 16.7 Å². The van der Waals surface area contributed by atoms with E-state index in [-0.39, 0.29) is 5.91 Å². The minimum Gasteiger partial charge on any atom is -0.345 e. The average molecular weight is 423 g/mol. The highest BCUT2D eigenvalue weighted by Gasteiger charge is 2.27. The van der Waals surface area contributed by atoms with Gasteiger partial charge in [0.15, 0.2) is 0 Å². The third kappa shape index (κ3) is 4.47. The number of carbonyl (C=O) groups is 1. The lowest BCUT2D eigenvalue weighted by atomic mass is 9.93.